The summed E-state index contributed by atoms with van der Waals surface area (Å²) < 4.78 is 0. The van der Waals surface area contributed by atoms with Gasteiger partial charge in [0.2, 0.25) is 0 Å². The molecule has 0 fully saturated rings. The minimum atomic E-state index is -0.0619. The van der Waals surface area contributed by atoms with Crippen molar-refractivity contribution in [1.29, 1.82) is 0 Å². The topological polar surface area (TPSA) is 43.7 Å². The van der Waals surface area contributed by atoms with Crippen LogP contribution in [0.2, 0.25) is 0 Å². The summed E-state index contributed by atoms with van der Waals surface area (Å²) in [4.78, 5) is 2.38. The first-order chi connectivity index (χ1) is 11.2. The molecular formula is C20H23NO2. The third-order valence-corrected chi connectivity index (χ3v) is 4.36. The lowest BCUT2D eigenvalue weighted by atomic mass is 9.90. The van der Waals surface area contributed by atoms with Crippen LogP contribution >= 0.6 is 0 Å². The predicted octanol–water partition coefficient (Wildman–Crippen LogP) is 4.92. The second kappa shape index (κ2) is 6.37. The van der Waals surface area contributed by atoms with Crippen LogP contribution in [-0.2, 0) is 6.54 Å². The van der Waals surface area contributed by atoms with E-state index in [-0.39, 0.29) is 11.5 Å². The van der Waals surface area contributed by atoms with E-state index in [0.717, 1.165) is 42.6 Å². The summed E-state index contributed by atoms with van der Waals surface area (Å²) in [6.07, 6.45) is 6.45. The molecule has 120 valence electrons. The number of para-hydroxylation sites is 1. The maximum absolute atomic E-state index is 9.90. The number of hydrogen-bond donors (Lipinski definition) is 2. The number of phenols is 2. The lowest BCUT2D eigenvalue weighted by Gasteiger charge is -2.34. The molecule has 3 heteroatoms. The first-order valence-corrected chi connectivity index (χ1v) is 8.21. The van der Waals surface area contributed by atoms with Crippen molar-refractivity contribution in [3.63, 3.8) is 0 Å². The first-order valence-electron chi connectivity index (χ1n) is 8.21. The molecule has 0 bridgehead atoms. The molecule has 3 rings (SSSR count). The standard InChI is InChI=1S/C20H23NO2/c1-3-5-10-21-13-15-11-18(22)19(23)12-17(15)16-9-6-8-14(7-4-2)20(16)21/h4,6-9,11-12,22-23H,3,5,10,13H2,1-2H3/b7-4+. The van der Waals surface area contributed by atoms with E-state index in [1.807, 2.05) is 13.0 Å². The minimum Gasteiger partial charge on any atom is -0.504 e. The zero-order valence-electron chi connectivity index (χ0n) is 13.7. The number of allylic oxidation sites excluding steroid dienone is 1. The SMILES string of the molecule is C/C=C/c1cccc2c1N(CCCC)Cc1cc(O)c(O)cc1-2. The molecule has 0 saturated carbocycles. The van der Waals surface area contributed by atoms with Crippen LogP contribution in [0.4, 0.5) is 5.69 Å². The molecule has 0 aliphatic carbocycles. The van der Waals surface area contributed by atoms with Crippen molar-refractivity contribution < 1.29 is 10.2 Å². The summed E-state index contributed by atoms with van der Waals surface area (Å²) in [5, 5.41) is 19.7. The number of unbranched alkanes of at least 4 members (excludes halogenated alkanes) is 1. The minimum absolute atomic E-state index is 0.0488. The van der Waals surface area contributed by atoms with Crippen molar-refractivity contribution >= 4 is 11.8 Å². The van der Waals surface area contributed by atoms with Gasteiger partial charge in [0.15, 0.2) is 11.5 Å². The smallest absolute Gasteiger partial charge is 0.158 e. The van der Waals surface area contributed by atoms with Crippen LogP contribution in [0.5, 0.6) is 11.5 Å². The van der Waals surface area contributed by atoms with Gasteiger partial charge in [0.25, 0.3) is 0 Å². The van der Waals surface area contributed by atoms with E-state index in [0.29, 0.717) is 0 Å². The van der Waals surface area contributed by atoms with E-state index in [4.69, 9.17) is 0 Å². The maximum Gasteiger partial charge on any atom is 0.158 e. The molecule has 0 spiro atoms. The fraction of sp³-hybridized carbons (Fsp3) is 0.300. The molecule has 23 heavy (non-hydrogen) atoms. The number of benzene rings is 2. The molecule has 3 nitrogen and oxygen atoms in total. The number of nitrogens with zero attached hydrogens (tertiary/aromatic N) is 1. The van der Waals surface area contributed by atoms with Crippen LogP contribution in [0.25, 0.3) is 17.2 Å². The van der Waals surface area contributed by atoms with E-state index in [2.05, 4.69) is 36.1 Å². The lowest BCUT2D eigenvalue weighted by molar-refractivity contribution is 0.403. The van der Waals surface area contributed by atoms with E-state index >= 15 is 0 Å². The Labute approximate surface area is 137 Å². The van der Waals surface area contributed by atoms with Gasteiger partial charge in [0.05, 0.1) is 5.69 Å². The summed E-state index contributed by atoms with van der Waals surface area (Å²) in [7, 11) is 0. The summed E-state index contributed by atoms with van der Waals surface area (Å²) in [5.74, 6) is -0.111. The highest BCUT2D eigenvalue weighted by Crippen LogP contribution is 2.45. The predicted molar refractivity (Wildman–Crippen MR) is 95.9 cm³/mol. The van der Waals surface area contributed by atoms with Crippen molar-refractivity contribution in [2.45, 2.75) is 33.2 Å². The molecule has 2 N–H and O–H groups in total. The van der Waals surface area contributed by atoms with Gasteiger partial charge in [0.1, 0.15) is 0 Å². The monoisotopic (exact) mass is 309 g/mol. The summed E-state index contributed by atoms with van der Waals surface area (Å²) in [6.45, 7) is 5.96. The molecule has 0 radical (unpaired) electrons. The molecule has 0 atom stereocenters. The third kappa shape index (κ3) is 2.79. The van der Waals surface area contributed by atoms with E-state index < -0.39 is 0 Å². The van der Waals surface area contributed by atoms with Crippen molar-refractivity contribution in [2.24, 2.45) is 0 Å². The fourth-order valence-corrected chi connectivity index (χ4v) is 3.27. The molecule has 1 aliphatic heterocycles. The molecule has 0 aromatic heterocycles. The Hall–Kier alpha value is -2.42. The summed E-state index contributed by atoms with van der Waals surface area (Å²) in [5.41, 5.74) is 5.60. The molecule has 0 amide bonds. The molecule has 2 aromatic carbocycles. The van der Waals surface area contributed by atoms with Gasteiger partial charge in [-0.2, -0.15) is 0 Å². The number of rotatable bonds is 4. The number of fused-ring (bicyclic) bond motifs is 3. The maximum atomic E-state index is 9.90. The average molecular weight is 309 g/mol. The van der Waals surface area contributed by atoms with Crippen LogP contribution in [0.1, 0.15) is 37.8 Å². The number of hydrogen-bond acceptors (Lipinski definition) is 3. The van der Waals surface area contributed by atoms with Crippen molar-refractivity contribution in [2.75, 3.05) is 11.4 Å². The Morgan fingerprint density at radius 3 is 2.65 bits per heavy atom. The highest BCUT2D eigenvalue weighted by atomic mass is 16.3. The number of aromatic hydroxyl groups is 2. The Kier molecular flexibility index (Phi) is 4.28. The normalized spacial score (nSPS) is 13.2. The van der Waals surface area contributed by atoms with Gasteiger partial charge >= 0.3 is 0 Å². The van der Waals surface area contributed by atoms with Crippen LogP contribution in [0.3, 0.4) is 0 Å². The van der Waals surface area contributed by atoms with Gasteiger partial charge in [-0.25, -0.2) is 0 Å². The van der Waals surface area contributed by atoms with Crippen LogP contribution in [0.15, 0.2) is 36.4 Å². The Bertz CT molecular complexity index is 750. The van der Waals surface area contributed by atoms with Crippen LogP contribution in [0, 0.1) is 0 Å². The number of anilines is 1. The van der Waals surface area contributed by atoms with E-state index in [9.17, 15) is 10.2 Å². The second-order valence-electron chi connectivity index (χ2n) is 6.02. The van der Waals surface area contributed by atoms with Crippen LogP contribution < -0.4 is 4.90 Å². The second-order valence-corrected chi connectivity index (χ2v) is 6.02. The van der Waals surface area contributed by atoms with Crippen LogP contribution in [-0.4, -0.2) is 16.8 Å². The van der Waals surface area contributed by atoms with Gasteiger partial charge < -0.3 is 15.1 Å². The highest BCUT2D eigenvalue weighted by molar-refractivity contribution is 5.90. The molecule has 1 aliphatic rings. The average Bonchev–Trinajstić information content (AvgIpc) is 2.54. The van der Waals surface area contributed by atoms with Crippen molar-refractivity contribution in [3.05, 3.63) is 47.5 Å². The first kappa shape index (κ1) is 15.5. The summed E-state index contributed by atoms with van der Waals surface area (Å²) in [6, 6.07) is 9.64. The van der Waals surface area contributed by atoms with E-state index in [1.165, 1.54) is 11.3 Å². The molecule has 2 aromatic rings. The number of phenolic OH excluding ortho intramolecular Hbond substituents is 2. The zero-order chi connectivity index (χ0) is 16.4. The van der Waals surface area contributed by atoms with Gasteiger partial charge in [-0.05, 0) is 42.2 Å². The Balaban J connectivity index is 2.20. The van der Waals surface area contributed by atoms with Crippen molar-refractivity contribution in [3.8, 4) is 22.6 Å². The molecular weight excluding hydrogens is 286 g/mol. The lowest BCUT2D eigenvalue weighted by Crippen LogP contribution is -2.28. The highest BCUT2D eigenvalue weighted by Gasteiger charge is 2.25. The Morgan fingerprint density at radius 1 is 1.13 bits per heavy atom. The quantitative estimate of drug-likeness (QED) is 0.788. The largest absolute Gasteiger partial charge is 0.504 e. The Morgan fingerprint density at radius 2 is 1.91 bits per heavy atom. The van der Waals surface area contributed by atoms with Gasteiger partial charge in [0, 0.05) is 18.7 Å². The fourth-order valence-electron chi connectivity index (χ4n) is 3.27. The zero-order valence-corrected chi connectivity index (χ0v) is 13.7. The van der Waals surface area contributed by atoms with E-state index in [1.54, 1.807) is 12.1 Å². The van der Waals surface area contributed by atoms with Gasteiger partial charge in [-0.15, -0.1) is 0 Å². The molecule has 0 unspecified atom stereocenters. The van der Waals surface area contributed by atoms with Gasteiger partial charge in [-0.1, -0.05) is 43.7 Å². The molecule has 1 heterocycles. The van der Waals surface area contributed by atoms with Gasteiger partial charge in [-0.3, -0.25) is 0 Å². The van der Waals surface area contributed by atoms with Crippen molar-refractivity contribution in [1.82, 2.24) is 0 Å². The summed E-state index contributed by atoms with van der Waals surface area (Å²) >= 11 is 0. The molecule has 0 saturated heterocycles. The third-order valence-electron chi connectivity index (χ3n) is 4.36.